The van der Waals surface area contributed by atoms with Crippen LogP contribution in [-0.2, 0) is 4.79 Å². The Morgan fingerprint density at radius 1 is 1.31 bits per heavy atom. The molecule has 1 amide bonds. The standard InChI is InChI=1S/C19H21FN4O2/c20-15-11-13(24-19(25)12-3-7-21-8-4-12)1-2-17(15)26-16-6-10-23-18-14(16)5-9-22-18/h2,5-6,9-13,21H,1,3-4,7-8H2,(H,22,23)(H,24,25). The first-order valence-corrected chi connectivity index (χ1v) is 8.89. The molecular formula is C19H21FN4O2. The first-order valence-electron chi connectivity index (χ1n) is 8.89. The number of piperidine rings is 1. The van der Waals surface area contributed by atoms with Crippen LogP contribution in [-0.4, -0.2) is 35.0 Å². The molecule has 6 nitrogen and oxygen atoms in total. The minimum atomic E-state index is -0.465. The lowest BCUT2D eigenvalue weighted by atomic mass is 9.96. The van der Waals surface area contributed by atoms with E-state index in [1.54, 1.807) is 24.5 Å². The van der Waals surface area contributed by atoms with Crippen LogP contribution in [0.4, 0.5) is 4.39 Å². The van der Waals surface area contributed by atoms with Gasteiger partial charge in [0.25, 0.3) is 0 Å². The number of hydrogen-bond acceptors (Lipinski definition) is 4. The van der Waals surface area contributed by atoms with Crippen LogP contribution in [0.2, 0.25) is 0 Å². The number of carbonyl (C=O) groups excluding carboxylic acids is 1. The van der Waals surface area contributed by atoms with Crippen LogP contribution in [0.25, 0.3) is 11.0 Å². The molecule has 4 rings (SSSR count). The topological polar surface area (TPSA) is 79.0 Å². The van der Waals surface area contributed by atoms with Gasteiger partial charge in [-0.15, -0.1) is 0 Å². The number of carbonyl (C=O) groups is 1. The van der Waals surface area contributed by atoms with Crippen LogP contribution in [0.1, 0.15) is 19.3 Å². The van der Waals surface area contributed by atoms with E-state index in [4.69, 9.17) is 4.74 Å². The van der Waals surface area contributed by atoms with Gasteiger partial charge in [-0.05, 0) is 56.6 Å². The quantitative estimate of drug-likeness (QED) is 0.787. The number of allylic oxidation sites excluding steroid dienone is 1. The van der Waals surface area contributed by atoms with Gasteiger partial charge in [0.05, 0.1) is 11.4 Å². The van der Waals surface area contributed by atoms with Crippen LogP contribution in [0.3, 0.4) is 0 Å². The van der Waals surface area contributed by atoms with Crippen molar-refractivity contribution in [3.63, 3.8) is 0 Å². The van der Waals surface area contributed by atoms with Crippen LogP contribution < -0.4 is 15.4 Å². The maximum atomic E-state index is 14.5. The lowest BCUT2D eigenvalue weighted by Crippen LogP contribution is -2.42. The number of halogens is 1. The number of aromatic nitrogens is 2. The number of pyridine rings is 1. The summed E-state index contributed by atoms with van der Waals surface area (Å²) >= 11 is 0. The highest BCUT2D eigenvalue weighted by Crippen LogP contribution is 2.29. The van der Waals surface area contributed by atoms with Crippen molar-refractivity contribution in [2.75, 3.05) is 13.1 Å². The molecule has 1 aliphatic heterocycles. The van der Waals surface area contributed by atoms with Crippen molar-refractivity contribution in [2.45, 2.75) is 25.3 Å². The smallest absolute Gasteiger partial charge is 0.223 e. The Balaban J connectivity index is 1.41. The maximum Gasteiger partial charge on any atom is 0.223 e. The van der Waals surface area contributed by atoms with Gasteiger partial charge in [0.1, 0.15) is 11.4 Å². The summed E-state index contributed by atoms with van der Waals surface area (Å²) in [5, 5.41) is 6.96. The molecule has 1 aliphatic carbocycles. The molecule has 2 aromatic heterocycles. The number of H-pyrrole nitrogens is 1. The zero-order valence-electron chi connectivity index (χ0n) is 14.3. The van der Waals surface area contributed by atoms with E-state index in [1.807, 2.05) is 6.07 Å². The molecule has 0 saturated carbocycles. The number of amides is 1. The second kappa shape index (κ2) is 7.29. The van der Waals surface area contributed by atoms with Crippen LogP contribution in [0.5, 0.6) is 5.75 Å². The van der Waals surface area contributed by atoms with E-state index in [2.05, 4.69) is 20.6 Å². The molecule has 0 bridgehead atoms. The van der Waals surface area contributed by atoms with Gasteiger partial charge in [0.2, 0.25) is 5.91 Å². The molecule has 1 atom stereocenters. The van der Waals surface area contributed by atoms with Gasteiger partial charge >= 0.3 is 0 Å². The molecule has 3 N–H and O–H groups in total. The highest BCUT2D eigenvalue weighted by Gasteiger charge is 2.25. The van der Waals surface area contributed by atoms with E-state index < -0.39 is 5.83 Å². The van der Waals surface area contributed by atoms with Crippen LogP contribution in [0, 0.1) is 5.92 Å². The summed E-state index contributed by atoms with van der Waals surface area (Å²) in [6, 6.07) is 3.20. The van der Waals surface area contributed by atoms with Crippen molar-refractivity contribution >= 4 is 16.9 Å². The fraction of sp³-hybridized carbons (Fsp3) is 0.368. The largest absolute Gasteiger partial charge is 0.454 e. The molecule has 2 aliphatic rings. The molecular weight excluding hydrogens is 335 g/mol. The molecule has 1 saturated heterocycles. The molecule has 0 spiro atoms. The Morgan fingerprint density at radius 3 is 2.96 bits per heavy atom. The molecule has 3 heterocycles. The summed E-state index contributed by atoms with van der Waals surface area (Å²) in [4.78, 5) is 19.5. The third-order valence-corrected chi connectivity index (χ3v) is 4.82. The summed E-state index contributed by atoms with van der Waals surface area (Å²) in [7, 11) is 0. The number of hydrogen-bond donors (Lipinski definition) is 3. The molecule has 136 valence electrons. The Labute approximate surface area is 150 Å². The summed E-state index contributed by atoms with van der Waals surface area (Å²) in [5.41, 5.74) is 0.690. The number of aromatic amines is 1. The van der Waals surface area contributed by atoms with E-state index in [0.717, 1.165) is 31.3 Å². The van der Waals surface area contributed by atoms with E-state index in [-0.39, 0.29) is 23.6 Å². The number of fused-ring (bicyclic) bond motifs is 1. The lowest BCUT2D eigenvalue weighted by molar-refractivity contribution is -0.126. The van der Waals surface area contributed by atoms with E-state index in [1.165, 1.54) is 6.08 Å². The van der Waals surface area contributed by atoms with Crippen molar-refractivity contribution in [2.24, 2.45) is 5.92 Å². The van der Waals surface area contributed by atoms with Crippen molar-refractivity contribution in [1.29, 1.82) is 0 Å². The van der Waals surface area contributed by atoms with Gasteiger partial charge in [-0.1, -0.05) is 0 Å². The second-order valence-corrected chi connectivity index (χ2v) is 6.61. The summed E-state index contributed by atoms with van der Waals surface area (Å²) in [6.45, 7) is 1.70. The predicted molar refractivity (Wildman–Crippen MR) is 96.1 cm³/mol. The predicted octanol–water partition coefficient (Wildman–Crippen LogP) is 2.57. The minimum Gasteiger partial charge on any atom is -0.454 e. The average Bonchev–Trinajstić information content (AvgIpc) is 3.14. The van der Waals surface area contributed by atoms with Gasteiger partial charge in [0.15, 0.2) is 11.6 Å². The van der Waals surface area contributed by atoms with Crippen molar-refractivity contribution in [3.8, 4) is 5.75 Å². The van der Waals surface area contributed by atoms with Gasteiger partial charge in [-0.25, -0.2) is 9.37 Å². The average molecular weight is 356 g/mol. The summed E-state index contributed by atoms with van der Waals surface area (Å²) in [5.74, 6) is 0.260. The van der Waals surface area contributed by atoms with Crippen LogP contribution >= 0.6 is 0 Å². The number of nitrogens with zero attached hydrogens (tertiary/aromatic N) is 1. The fourth-order valence-corrected chi connectivity index (χ4v) is 3.38. The molecule has 7 heteroatoms. The Bertz CT molecular complexity index is 867. The van der Waals surface area contributed by atoms with Crippen LogP contribution in [0.15, 0.2) is 48.3 Å². The normalized spacial score (nSPS) is 21.2. The Kier molecular flexibility index (Phi) is 4.71. The van der Waals surface area contributed by atoms with E-state index >= 15 is 0 Å². The molecule has 2 aromatic rings. The van der Waals surface area contributed by atoms with Crippen molar-refractivity contribution in [1.82, 2.24) is 20.6 Å². The first kappa shape index (κ1) is 16.8. The van der Waals surface area contributed by atoms with Crippen molar-refractivity contribution < 1.29 is 13.9 Å². The maximum absolute atomic E-state index is 14.5. The number of ether oxygens (including phenoxy) is 1. The molecule has 1 fully saturated rings. The third-order valence-electron chi connectivity index (χ3n) is 4.82. The monoisotopic (exact) mass is 356 g/mol. The van der Waals surface area contributed by atoms with Crippen molar-refractivity contribution in [3.05, 3.63) is 48.3 Å². The molecule has 0 aromatic carbocycles. The molecule has 1 unspecified atom stereocenters. The Morgan fingerprint density at radius 2 is 2.15 bits per heavy atom. The van der Waals surface area contributed by atoms with E-state index in [0.29, 0.717) is 17.8 Å². The van der Waals surface area contributed by atoms with E-state index in [9.17, 15) is 9.18 Å². The SMILES string of the molecule is O=C(NC1C=C(F)C(Oc2ccnc3[nH]ccc23)=CC1)C1CCNCC1. The van der Waals surface area contributed by atoms with Gasteiger partial charge in [-0.2, -0.15) is 0 Å². The third kappa shape index (κ3) is 3.48. The first-order chi connectivity index (χ1) is 12.7. The fourth-order valence-electron chi connectivity index (χ4n) is 3.38. The summed E-state index contributed by atoms with van der Waals surface area (Å²) in [6.07, 6.45) is 8.62. The van der Waals surface area contributed by atoms with Gasteiger partial charge in [0, 0.05) is 18.3 Å². The number of nitrogens with one attached hydrogen (secondary N) is 3. The summed E-state index contributed by atoms with van der Waals surface area (Å²) < 4.78 is 20.2. The zero-order chi connectivity index (χ0) is 17.9. The lowest BCUT2D eigenvalue weighted by Gasteiger charge is -2.25. The van der Waals surface area contributed by atoms with Gasteiger partial charge in [-0.3, -0.25) is 4.79 Å². The zero-order valence-corrected chi connectivity index (χ0v) is 14.3. The highest BCUT2D eigenvalue weighted by atomic mass is 19.1. The highest BCUT2D eigenvalue weighted by molar-refractivity contribution is 5.82. The Hall–Kier alpha value is -2.67. The number of rotatable bonds is 4. The second-order valence-electron chi connectivity index (χ2n) is 6.61. The van der Waals surface area contributed by atoms with Gasteiger partial charge < -0.3 is 20.4 Å². The molecule has 26 heavy (non-hydrogen) atoms. The minimum absolute atomic E-state index is 0.00137. The molecule has 0 radical (unpaired) electrons.